The molecule has 11 heteroatoms. The number of aromatic nitrogens is 4. The number of fused-ring (bicyclic) bond motifs is 1. The third kappa shape index (κ3) is 2.48. The first-order valence-corrected chi connectivity index (χ1v) is 7.23. The number of aliphatic hydroxyl groups excluding tert-OH is 3. The molecule has 23 heavy (non-hydrogen) atoms. The molecule has 10 nitrogen and oxygen atoms in total. The molecule has 1 fully saturated rings. The van der Waals surface area contributed by atoms with E-state index in [0.717, 1.165) is 0 Å². The highest BCUT2D eigenvalue weighted by Gasteiger charge is 2.45. The van der Waals surface area contributed by atoms with Gasteiger partial charge < -0.3 is 30.7 Å². The van der Waals surface area contributed by atoms with E-state index >= 15 is 0 Å². The molecule has 1 aliphatic heterocycles. The van der Waals surface area contributed by atoms with Crippen LogP contribution in [0.25, 0.3) is 11.2 Å². The number of ether oxygens (including phenoxy) is 1. The quantitative estimate of drug-likeness (QED) is 0.501. The maximum atomic E-state index is 10.2. The maximum Gasteiger partial charge on any atom is 0.224 e. The van der Waals surface area contributed by atoms with E-state index < -0.39 is 31.1 Å². The molecule has 2 aromatic heterocycles. The highest BCUT2D eigenvalue weighted by molar-refractivity contribution is 6.29. The minimum atomic E-state index is -1.30. The number of nitrogens with zero attached hydrogens (tertiary/aromatic N) is 5. The summed E-state index contributed by atoms with van der Waals surface area (Å²) in [6.07, 6.45) is -4.55. The smallest absolute Gasteiger partial charge is 0.224 e. The molecule has 5 N–H and O–H groups in total. The standard InChI is InChI=1S/C12H17ClN6O4/c1-18(2)8-5-9(17-12(14)16-8)19(11(13)15-5)10-7(22)6(21)4(3-20)23-10/h4,6-7,10,20-22H,3H2,1-2H3,(H2,14,16,17). The summed E-state index contributed by atoms with van der Waals surface area (Å²) in [7, 11) is 3.53. The van der Waals surface area contributed by atoms with E-state index in [1.165, 1.54) is 4.57 Å². The van der Waals surface area contributed by atoms with Crippen molar-refractivity contribution < 1.29 is 20.1 Å². The van der Waals surface area contributed by atoms with Gasteiger partial charge in [0.1, 0.15) is 18.3 Å². The number of hydrogen-bond donors (Lipinski definition) is 4. The van der Waals surface area contributed by atoms with Crippen LogP contribution in [0.3, 0.4) is 0 Å². The summed E-state index contributed by atoms with van der Waals surface area (Å²) in [6.45, 7) is -0.445. The van der Waals surface area contributed by atoms with E-state index in [0.29, 0.717) is 11.3 Å². The van der Waals surface area contributed by atoms with Crippen molar-refractivity contribution in [2.24, 2.45) is 0 Å². The molecule has 2 aromatic rings. The maximum absolute atomic E-state index is 10.2. The van der Waals surface area contributed by atoms with Gasteiger partial charge in [-0.05, 0) is 11.6 Å². The van der Waals surface area contributed by atoms with Gasteiger partial charge in [-0.2, -0.15) is 9.97 Å². The first-order valence-electron chi connectivity index (χ1n) is 6.86. The third-order valence-corrected chi connectivity index (χ3v) is 3.96. The molecule has 0 aliphatic carbocycles. The highest BCUT2D eigenvalue weighted by atomic mass is 35.5. The number of imidazole rings is 1. The van der Waals surface area contributed by atoms with Gasteiger partial charge in [0.15, 0.2) is 23.2 Å². The van der Waals surface area contributed by atoms with Crippen molar-refractivity contribution in [3.8, 4) is 0 Å². The van der Waals surface area contributed by atoms with Crippen molar-refractivity contribution in [3.63, 3.8) is 0 Å². The third-order valence-electron chi connectivity index (χ3n) is 3.69. The zero-order chi connectivity index (χ0) is 16.9. The number of aliphatic hydroxyl groups is 3. The Kier molecular flexibility index (Phi) is 4.02. The lowest BCUT2D eigenvalue weighted by Crippen LogP contribution is -2.33. The van der Waals surface area contributed by atoms with E-state index in [2.05, 4.69) is 15.0 Å². The molecule has 0 aromatic carbocycles. The molecule has 0 spiro atoms. The van der Waals surface area contributed by atoms with Gasteiger partial charge in [-0.15, -0.1) is 0 Å². The van der Waals surface area contributed by atoms with Crippen molar-refractivity contribution in [1.29, 1.82) is 0 Å². The number of rotatable bonds is 3. The number of halogens is 1. The van der Waals surface area contributed by atoms with E-state index in [9.17, 15) is 15.3 Å². The van der Waals surface area contributed by atoms with Crippen LogP contribution in [0.4, 0.5) is 11.8 Å². The van der Waals surface area contributed by atoms with Gasteiger partial charge in [0, 0.05) is 14.1 Å². The van der Waals surface area contributed by atoms with Crippen LogP contribution in [0.15, 0.2) is 0 Å². The zero-order valence-corrected chi connectivity index (χ0v) is 13.2. The van der Waals surface area contributed by atoms with Gasteiger partial charge in [-0.3, -0.25) is 4.57 Å². The van der Waals surface area contributed by atoms with Crippen molar-refractivity contribution in [3.05, 3.63) is 5.28 Å². The zero-order valence-electron chi connectivity index (χ0n) is 12.5. The SMILES string of the molecule is CN(C)c1nc(N)nc2c1nc(Cl)n2C1OC(CO)C(O)C1O. The van der Waals surface area contributed by atoms with Gasteiger partial charge >= 0.3 is 0 Å². The summed E-state index contributed by atoms with van der Waals surface area (Å²) in [4.78, 5) is 14.1. The summed E-state index contributed by atoms with van der Waals surface area (Å²) >= 11 is 6.17. The highest BCUT2D eigenvalue weighted by Crippen LogP contribution is 2.35. The molecule has 3 rings (SSSR count). The molecule has 1 saturated heterocycles. The van der Waals surface area contributed by atoms with E-state index in [4.69, 9.17) is 22.1 Å². The van der Waals surface area contributed by atoms with Crippen LogP contribution in [0, 0.1) is 0 Å². The van der Waals surface area contributed by atoms with Crippen LogP contribution < -0.4 is 10.6 Å². The largest absolute Gasteiger partial charge is 0.394 e. The normalized spacial score (nSPS) is 27.7. The van der Waals surface area contributed by atoms with E-state index in [1.54, 1.807) is 19.0 Å². The lowest BCUT2D eigenvalue weighted by Gasteiger charge is -2.18. The van der Waals surface area contributed by atoms with Crippen molar-refractivity contribution in [1.82, 2.24) is 19.5 Å². The topological polar surface area (TPSA) is 143 Å². The molecule has 1 aliphatic rings. The van der Waals surface area contributed by atoms with Gasteiger partial charge in [0.25, 0.3) is 0 Å². The van der Waals surface area contributed by atoms with Crippen LogP contribution in [0.1, 0.15) is 6.23 Å². The molecule has 0 bridgehead atoms. The molecule has 3 heterocycles. The Bertz CT molecular complexity index is 738. The first-order chi connectivity index (χ1) is 10.8. The van der Waals surface area contributed by atoms with Gasteiger partial charge in [-0.1, -0.05) is 0 Å². The lowest BCUT2D eigenvalue weighted by atomic mass is 10.1. The fraction of sp³-hybridized carbons (Fsp3) is 0.583. The van der Waals surface area contributed by atoms with Crippen LogP contribution in [0.5, 0.6) is 0 Å². The summed E-state index contributed by atoms with van der Waals surface area (Å²) in [6, 6.07) is 0. The van der Waals surface area contributed by atoms with Crippen LogP contribution in [0.2, 0.25) is 5.28 Å². The van der Waals surface area contributed by atoms with Crippen molar-refractivity contribution >= 4 is 34.5 Å². The number of nitrogens with two attached hydrogens (primary N) is 1. The minimum Gasteiger partial charge on any atom is -0.394 e. The molecule has 0 radical (unpaired) electrons. The average molecular weight is 345 g/mol. The second-order valence-corrected chi connectivity index (χ2v) is 5.79. The van der Waals surface area contributed by atoms with Gasteiger partial charge in [0.2, 0.25) is 11.2 Å². The van der Waals surface area contributed by atoms with Crippen LogP contribution >= 0.6 is 11.6 Å². The van der Waals surface area contributed by atoms with Crippen LogP contribution in [-0.4, -0.2) is 73.9 Å². The molecule has 126 valence electrons. The Hall–Kier alpha value is -1.72. The Morgan fingerprint density at radius 3 is 2.52 bits per heavy atom. The second kappa shape index (κ2) is 5.73. The average Bonchev–Trinajstić information content (AvgIpc) is 2.95. The summed E-state index contributed by atoms with van der Waals surface area (Å²) in [5.41, 5.74) is 6.38. The Morgan fingerprint density at radius 2 is 1.96 bits per heavy atom. The van der Waals surface area contributed by atoms with Gasteiger partial charge in [0.05, 0.1) is 6.61 Å². The fourth-order valence-electron chi connectivity index (χ4n) is 2.58. The molecule has 4 unspecified atom stereocenters. The molecule has 0 saturated carbocycles. The molecular formula is C12H17ClN6O4. The predicted molar refractivity (Wildman–Crippen MR) is 82.1 cm³/mol. The number of anilines is 2. The monoisotopic (exact) mass is 344 g/mol. The Labute approximate surface area is 136 Å². The number of nitrogen functional groups attached to an aromatic ring is 1. The predicted octanol–water partition coefficient (Wildman–Crippen LogP) is -1.26. The minimum absolute atomic E-state index is 0.00200. The number of hydrogen-bond acceptors (Lipinski definition) is 9. The second-order valence-electron chi connectivity index (χ2n) is 5.45. The Morgan fingerprint density at radius 1 is 1.26 bits per heavy atom. The molecule has 4 atom stereocenters. The molecular weight excluding hydrogens is 328 g/mol. The lowest BCUT2D eigenvalue weighted by molar-refractivity contribution is -0.0509. The van der Waals surface area contributed by atoms with E-state index in [-0.39, 0.29) is 16.9 Å². The van der Waals surface area contributed by atoms with Gasteiger partial charge in [-0.25, -0.2) is 4.98 Å². The summed E-state index contributed by atoms with van der Waals surface area (Å²) in [5.74, 6) is 0.464. The van der Waals surface area contributed by atoms with E-state index in [1.807, 2.05) is 0 Å². The van der Waals surface area contributed by atoms with Crippen LogP contribution in [-0.2, 0) is 4.74 Å². The Balaban J connectivity index is 2.17. The summed E-state index contributed by atoms with van der Waals surface area (Å²) < 4.78 is 6.81. The fourth-order valence-corrected chi connectivity index (χ4v) is 2.84. The summed E-state index contributed by atoms with van der Waals surface area (Å²) in [5, 5.41) is 29.3. The van der Waals surface area contributed by atoms with Crippen molar-refractivity contribution in [2.45, 2.75) is 24.5 Å². The first kappa shape index (κ1) is 16.1. The van der Waals surface area contributed by atoms with Crippen molar-refractivity contribution in [2.75, 3.05) is 31.3 Å². The molecule has 0 amide bonds.